The number of nitrogens with zero attached hydrogens (tertiary/aromatic N) is 3. The van der Waals surface area contributed by atoms with Crippen molar-refractivity contribution in [1.82, 2.24) is 9.80 Å². The maximum absolute atomic E-state index is 12.8. The number of hydrogen-bond acceptors (Lipinski definition) is 4. The van der Waals surface area contributed by atoms with Crippen molar-refractivity contribution in [3.63, 3.8) is 0 Å². The number of furan rings is 1. The summed E-state index contributed by atoms with van der Waals surface area (Å²) in [6.45, 7) is 1.89. The topological polar surface area (TPSA) is 74.1 Å². The van der Waals surface area contributed by atoms with Crippen molar-refractivity contribution in [3.8, 4) is 0 Å². The molecule has 7 nitrogen and oxygen atoms in total. The van der Waals surface area contributed by atoms with E-state index in [1.165, 1.54) is 6.26 Å². The van der Waals surface area contributed by atoms with Gasteiger partial charge in [0.2, 0.25) is 5.91 Å². The van der Waals surface area contributed by atoms with Gasteiger partial charge in [-0.1, -0.05) is 0 Å². The highest BCUT2D eigenvalue weighted by atomic mass is 16.3. The van der Waals surface area contributed by atoms with Crippen LogP contribution in [0.2, 0.25) is 0 Å². The average molecular weight is 353 g/mol. The number of carbonyl (C=O) groups excluding carboxylic acids is 3. The molecule has 2 aliphatic heterocycles. The molecule has 0 atom stereocenters. The van der Waals surface area contributed by atoms with E-state index in [2.05, 4.69) is 0 Å². The zero-order chi connectivity index (χ0) is 18.3. The van der Waals surface area contributed by atoms with Gasteiger partial charge in [0.05, 0.1) is 12.7 Å². The Morgan fingerprint density at radius 2 is 1.69 bits per heavy atom. The van der Waals surface area contributed by atoms with Gasteiger partial charge in [-0.15, -0.1) is 0 Å². The van der Waals surface area contributed by atoms with E-state index in [-0.39, 0.29) is 17.7 Å². The molecular weight excluding hydrogens is 334 g/mol. The van der Waals surface area contributed by atoms with Crippen LogP contribution in [-0.2, 0) is 11.2 Å². The summed E-state index contributed by atoms with van der Waals surface area (Å²) in [5.41, 5.74) is 2.33. The van der Waals surface area contributed by atoms with Gasteiger partial charge < -0.3 is 19.1 Å². The summed E-state index contributed by atoms with van der Waals surface area (Å²) in [4.78, 5) is 41.9. The minimum Gasteiger partial charge on any atom is -0.459 e. The molecule has 1 saturated heterocycles. The lowest BCUT2D eigenvalue weighted by molar-refractivity contribution is -0.117. The van der Waals surface area contributed by atoms with E-state index in [4.69, 9.17) is 4.42 Å². The number of anilines is 1. The molecular formula is C19H19N3O4. The van der Waals surface area contributed by atoms with Gasteiger partial charge in [-0.2, -0.15) is 0 Å². The molecule has 134 valence electrons. The Hall–Kier alpha value is -3.09. The summed E-state index contributed by atoms with van der Waals surface area (Å²) < 4.78 is 5.15. The average Bonchev–Trinajstić information content (AvgIpc) is 3.29. The van der Waals surface area contributed by atoms with Crippen LogP contribution in [0.15, 0.2) is 41.0 Å². The second-order valence-corrected chi connectivity index (χ2v) is 6.53. The Morgan fingerprint density at radius 1 is 1.00 bits per heavy atom. The molecule has 4 rings (SSSR count). The number of likely N-dealkylation sites (N-methyl/N-ethyl adjacent to an activating group) is 1. The Labute approximate surface area is 150 Å². The molecule has 0 radical (unpaired) electrons. The van der Waals surface area contributed by atoms with Gasteiger partial charge >= 0.3 is 0 Å². The molecule has 1 aromatic carbocycles. The van der Waals surface area contributed by atoms with E-state index in [1.54, 1.807) is 46.0 Å². The first-order valence-electron chi connectivity index (χ1n) is 8.56. The maximum atomic E-state index is 12.8. The first kappa shape index (κ1) is 16.4. The van der Waals surface area contributed by atoms with Crippen molar-refractivity contribution in [2.45, 2.75) is 6.42 Å². The van der Waals surface area contributed by atoms with Crippen molar-refractivity contribution < 1.29 is 18.8 Å². The molecule has 0 spiro atoms. The minimum atomic E-state index is -0.152. The standard InChI is InChI=1S/C19H19N3O4/c1-20-15-5-4-13(11-14(15)12-17(20)23)18(24)21-6-8-22(9-7-21)19(25)16-3-2-10-26-16/h2-5,10-11H,6-9,12H2,1H3. The molecule has 0 saturated carbocycles. The number of rotatable bonds is 2. The van der Waals surface area contributed by atoms with Crippen LogP contribution in [0.5, 0.6) is 0 Å². The van der Waals surface area contributed by atoms with Crippen LogP contribution >= 0.6 is 0 Å². The predicted octanol–water partition coefficient (Wildman–Crippen LogP) is 1.40. The highest BCUT2D eigenvalue weighted by Gasteiger charge is 2.29. The summed E-state index contributed by atoms with van der Waals surface area (Å²) in [6, 6.07) is 8.71. The van der Waals surface area contributed by atoms with E-state index in [1.807, 2.05) is 6.07 Å². The molecule has 3 heterocycles. The van der Waals surface area contributed by atoms with Crippen molar-refractivity contribution in [3.05, 3.63) is 53.5 Å². The monoisotopic (exact) mass is 353 g/mol. The molecule has 3 amide bonds. The van der Waals surface area contributed by atoms with Gasteiger partial charge in [-0.25, -0.2) is 0 Å². The molecule has 2 aromatic rings. The second-order valence-electron chi connectivity index (χ2n) is 6.53. The third-order valence-electron chi connectivity index (χ3n) is 4.99. The smallest absolute Gasteiger partial charge is 0.289 e. The Kier molecular flexibility index (Phi) is 3.99. The number of amides is 3. The highest BCUT2D eigenvalue weighted by molar-refractivity contribution is 6.03. The molecule has 2 aliphatic rings. The largest absolute Gasteiger partial charge is 0.459 e. The fourth-order valence-corrected chi connectivity index (χ4v) is 3.45. The molecule has 1 fully saturated rings. The van der Waals surface area contributed by atoms with Crippen LogP contribution < -0.4 is 4.90 Å². The summed E-state index contributed by atoms with van der Waals surface area (Å²) in [6.07, 6.45) is 1.81. The van der Waals surface area contributed by atoms with Gasteiger partial charge in [-0.3, -0.25) is 14.4 Å². The van der Waals surface area contributed by atoms with E-state index in [9.17, 15) is 14.4 Å². The number of fused-ring (bicyclic) bond motifs is 1. The summed E-state index contributed by atoms with van der Waals surface area (Å²) in [5.74, 6) is 0.132. The fourth-order valence-electron chi connectivity index (χ4n) is 3.45. The zero-order valence-corrected chi connectivity index (χ0v) is 14.5. The molecule has 0 bridgehead atoms. The lowest BCUT2D eigenvalue weighted by Crippen LogP contribution is -2.50. The number of benzene rings is 1. The highest BCUT2D eigenvalue weighted by Crippen LogP contribution is 2.28. The van der Waals surface area contributed by atoms with E-state index in [0.717, 1.165) is 11.3 Å². The van der Waals surface area contributed by atoms with E-state index >= 15 is 0 Å². The summed E-state index contributed by atoms with van der Waals surface area (Å²) >= 11 is 0. The lowest BCUT2D eigenvalue weighted by Gasteiger charge is -2.34. The molecule has 0 aliphatic carbocycles. The van der Waals surface area contributed by atoms with Gasteiger partial charge in [0.1, 0.15) is 0 Å². The van der Waals surface area contributed by atoms with Crippen LogP contribution in [-0.4, -0.2) is 60.7 Å². The number of hydrogen-bond donors (Lipinski definition) is 0. The number of carbonyl (C=O) groups is 3. The Bertz CT molecular complexity index is 867. The van der Waals surface area contributed by atoms with Crippen molar-refractivity contribution in [1.29, 1.82) is 0 Å². The fraction of sp³-hybridized carbons (Fsp3) is 0.316. The van der Waals surface area contributed by atoms with Crippen molar-refractivity contribution in [2.75, 3.05) is 38.1 Å². The van der Waals surface area contributed by atoms with Crippen molar-refractivity contribution >= 4 is 23.4 Å². The van der Waals surface area contributed by atoms with Crippen LogP contribution in [0.3, 0.4) is 0 Å². The molecule has 26 heavy (non-hydrogen) atoms. The zero-order valence-electron chi connectivity index (χ0n) is 14.5. The molecule has 1 aromatic heterocycles. The Morgan fingerprint density at radius 3 is 2.35 bits per heavy atom. The predicted molar refractivity (Wildman–Crippen MR) is 94.1 cm³/mol. The first-order chi connectivity index (χ1) is 12.5. The second kappa shape index (κ2) is 6.33. The summed E-state index contributed by atoms with van der Waals surface area (Å²) in [7, 11) is 1.74. The van der Waals surface area contributed by atoms with E-state index < -0.39 is 0 Å². The Balaban J connectivity index is 1.42. The quantitative estimate of drug-likeness (QED) is 0.818. The van der Waals surface area contributed by atoms with Crippen molar-refractivity contribution in [2.24, 2.45) is 0 Å². The van der Waals surface area contributed by atoms with E-state index in [0.29, 0.717) is 43.9 Å². The van der Waals surface area contributed by atoms with Crippen LogP contribution in [0, 0.1) is 0 Å². The third kappa shape index (κ3) is 2.75. The molecule has 0 unspecified atom stereocenters. The van der Waals surface area contributed by atoms with Gasteiger partial charge in [0, 0.05) is 44.5 Å². The number of piperazine rings is 1. The molecule has 0 N–H and O–H groups in total. The van der Waals surface area contributed by atoms with Crippen LogP contribution in [0.4, 0.5) is 5.69 Å². The summed E-state index contributed by atoms with van der Waals surface area (Å²) in [5, 5.41) is 0. The molecule has 7 heteroatoms. The lowest BCUT2D eigenvalue weighted by atomic mass is 10.1. The van der Waals surface area contributed by atoms with Crippen LogP contribution in [0.1, 0.15) is 26.5 Å². The van der Waals surface area contributed by atoms with Gasteiger partial charge in [0.15, 0.2) is 5.76 Å². The SMILES string of the molecule is CN1C(=O)Cc2cc(C(=O)N3CCN(C(=O)c4ccco4)CC3)ccc21. The van der Waals surface area contributed by atoms with Gasteiger partial charge in [-0.05, 0) is 35.9 Å². The first-order valence-corrected chi connectivity index (χ1v) is 8.56. The normalized spacial score (nSPS) is 16.8. The van der Waals surface area contributed by atoms with Crippen LogP contribution in [0.25, 0.3) is 0 Å². The minimum absolute atomic E-state index is 0.0367. The third-order valence-corrected chi connectivity index (χ3v) is 4.99. The van der Waals surface area contributed by atoms with Gasteiger partial charge in [0.25, 0.3) is 11.8 Å². The maximum Gasteiger partial charge on any atom is 0.289 e.